The highest BCUT2D eigenvalue weighted by atomic mass is 16.6. The highest BCUT2D eigenvalue weighted by Crippen LogP contribution is 2.44. The smallest absolute Gasteiger partial charge is 0.408 e. The van der Waals surface area contributed by atoms with E-state index in [9.17, 15) is 29.5 Å². The molecule has 0 radical (unpaired) electrons. The number of piperazine rings is 1. The second-order valence-electron chi connectivity index (χ2n) is 11.9. The van der Waals surface area contributed by atoms with Crippen molar-refractivity contribution in [2.24, 2.45) is 0 Å². The maximum atomic E-state index is 13.6. The molecule has 39 heavy (non-hydrogen) atoms. The molecule has 0 aromatic heterocycles. The van der Waals surface area contributed by atoms with Gasteiger partial charge in [0.25, 0.3) is 0 Å². The molecule has 2 bridgehead atoms. The van der Waals surface area contributed by atoms with Crippen LogP contribution in [0.3, 0.4) is 0 Å². The third-order valence-corrected chi connectivity index (χ3v) is 8.18. The quantitative estimate of drug-likeness (QED) is 0.561. The lowest BCUT2D eigenvalue weighted by atomic mass is 10.0. The zero-order valence-electron chi connectivity index (χ0n) is 22.6. The van der Waals surface area contributed by atoms with E-state index < -0.39 is 35.8 Å². The van der Waals surface area contributed by atoms with Gasteiger partial charge in [0.1, 0.15) is 17.7 Å². The van der Waals surface area contributed by atoms with E-state index in [1.54, 1.807) is 32.9 Å². The van der Waals surface area contributed by atoms with E-state index in [-0.39, 0.29) is 36.0 Å². The third kappa shape index (κ3) is 5.17. The summed E-state index contributed by atoms with van der Waals surface area (Å²) in [7, 11) is 0. The molecule has 11 nitrogen and oxygen atoms in total. The number of carboxylic acids is 1. The third-order valence-electron chi connectivity index (χ3n) is 8.18. The first-order valence-corrected chi connectivity index (χ1v) is 13.6. The lowest BCUT2D eigenvalue weighted by Crippen LogP contribution is -2.59. The Bertz CT molecular complexity index is 1240. The number of nitrogens with one attached hydrogen (secondary N) is 1. The standard InChI is InChI=1S/C28H35N5O6/c1-28(2,3)39-27(38)30-21(24(34)32-10-4-5-18(32)13-29)15-31-14-19-12-23(31)25(35)33(19)22-9-7-16-11-17(26(36)37)6-8-20(16)22/h6,8,11,18-19,21-23H,4-5,7,9-10,12,14-15H2,1-3H3,(H,30,38)(H,36,37)/t18-,19+,21-,22+,23+/m0/s1. The molecule has 208 valence electrons. The number of nitriles is 1. The number of carboxylic acid groups (broad SMARTS) is 1. The number of hydrogen-bond donors (Lipinski definition) is 2. The molecule has 3 aliphatic heterocycles. The van der Waals surface area contributed by atoms with Gasteiger partial charge in [0.15, 0.2) is 0 Å². The molecule has 1 aliphatic carbocycles. The highest BCUT2D eigenvalue weighted by Gasteiger charge is 2.53. The van der Waals surface area contributed by atoms with E-state index in [0.717, 1.165) is 30.4 Å². The molecule has 11 heteroatoms. The minimum Gasteiger partial charge on any atom is -0.478 e. The zero-order chi connectivity index (χ0) is 28.1. The van der Waals surface area contributed by atoms with Crippen molar-refractivity contribution in [1.82, 2.24) is 20.0 Å². The number of carbonyl (C=O) groups excluding carboxylic acids is 3. The van der Waals surface area contributed by atoms with Crippen LogP contribution in [0.15, 0.2) is 18.2 Å². The Labute approximate surface area is 227 Å². The number of ether oxygens (including phenoxy) is 1. The minimum absolute atomic E-state index is 0.00838. The maximum Gasteiger partial charge on any atom is 0.408 e. The molecule has 0 spiro atoms. The number of carbonyl (C=O) groups is 4. The van der Waals surface area contributed by atoms with E-state index in [1.807, 2.05) is 15.9 Å². The van der Waals surface area contributed by atoms with Crippen LogP contribution < -0.4 is 5.32 Å². The van der Waals surface area contributed by atoms with Crippen molar-refractivity contribution in [2.75, 3.05) is 19.6 Å². The van der Waals surface area contributed by atoms with Crippen molar-refractivity contribution >= 4 is 23.9 Å². The van der Waals surface area contributed by atoms with E-state index in [1.165, 1.54) is 4.90 Å². The molecule has 0 saturated carbocycles. The Hall–Kier alpha value is -3.65. The molecule has 1 aromatic rings. The van der Waals surface area contributed by atoms with Crippen LogP contribution in [-0.4, -0.2) is 93.1 Å². The summed E-state index contributed by atoms with van der Waals surface area (Å²) < 4.78 is 5.41. The molecule has 3 heterocycles. The number of alkyl carbamates (subject to hydrolysis) is 1. The number of aromatic carboxylic acids is 1. The normalized spacial score (nSPS) is 26.9. The minimum atomic E-state index is -0.965. The van der Waals surface area contributed by atoms with E-state index in [4.69, 9.17) is 4.74 Å². The summed E-state index contributed by atoms with van der Waals surface area (Å²) in [5, 5.41) is 21.5. The predicted octanol–water partition coefficient (Wildman–Crippen LogP) is 2.07. The zero-order valence-corrected chi connectivity index (χ0v) is 22.6. The molecular formula is C28H35N5O6. The summed E-state index contributed by atoms with van der Waals surface area (Å²) in [6, 6.07) is 5.29. The molecule has 3 fully saturated rings. The fourth-order valence-corrected chi connectivity index (χ4v) is 6.55. The predicted molar refractivity (Wildman–Crippen MR) is 139 cm³/mol. The summed E-state index contributed by atoms with van der Waals surface area (Å²) in [5.41, 5.74) is 1.48. The molecule has 0 unspecified atom stereocenters. The van der Waals surface area contributed by atoms with Crippen molar-refractivity contribution in [3.05, 3.63) is 34.9 Å². The Balaban J connectivity index is 1.30. The second-order valence-corrected chi connectivity index (χ2v) is 11.9. The van der Waals surface area contributed by atoms with Gasteiger partial charge in [-0.15, -0.1) is 0 Å². The first kappa shape index (κ1) is 26.9. The van der Waals surface area contributed by atoms with Gasteiger partial charge >= 0.3 is 12.1 Å². The maximum absolute atomic E-state index is 13.6. The fraction of sp³-hybridized carbons (Fsp3) is 0.607. The molecule has 5 atom stereocenters. The Morgan fingerprint density at radius 1 is 1.23 bits per heavy atom. The lowest BCUT2D eigenvalue weighted by Gasteiger charge is -2.39. The molecule has 1 aromatic carbocycles. The van der Waals surface area contributed by atoms with Gasteiger partial charge in [0.05, 0.1) is 23.7 Å². The summed E-state index contributed by atoms with van der Waals surface area (Å²) in [4.78, 5) is 56.6. The van der Waals surface area contributed by atoms with Gasteiger partial charge in [-0.2, -0.15) is 5.26 Å². The van der Waals surface area contributed by atoms with Crippen LogP contribution in [0.2, 0.25) is 0 Å². The highest BCUT2D eigenvalue weighted by molar-refractivity contribution is 5.89. The number of hydrogen-bond acceptors (Lipinski definition) is 7. The SMILES string of the molecule is CC(C)(C)OC(=O)N[C@@H](CN1C[C@H]2C[C@@H]1C(=O)N2[C@@H]1CCc2cc(C(=O)O)ccc21)C(=O)N1CCC[C@H]1C#N. The van der Waals surface area contributed by atoms with Crippen LogP contribution in [0.1, 0.15) is 74.0 Å². The monoisotopic (exact) mass is 537 g/mol. The van der Waals surface area contributed by atoms with Crippen LogP contribution in [0.25, 0.3) is 0 Å². The summed E-state index contributed by atoms with van der Waals surface area (Å²) in [5.74, 6) is -1.31. The Morgan fingerprint density at radius 3 is 2.67 bits per heavy atom. The average Bonchev–Trinajstić information content (AvgIpc) is 3.64. The van der Waals surface area contributed by atoms with Gasteiger partial charge in [-0.3, -0.25) is 14.5 Å². The molecule has 4 aliphatic rings. The lowest BCUT2D eigenvalue weighted by molar-refractivity contribution is -0.141. The van der Waals surface area contributed by atoms with Gasteiger partial charge in [-0.05, 0) is 76.1 Å². The topological polar surface area (TPSA) is 143 Å². The number of benzene rings is 1. The molecule has 5 rings (SSSR count). The molecule has 2 N–H and O–H groups in total. The summed E-state index contributed by atoms with van der Waals surface area (Å²) in [6.45, 7) is 6.39. The van der Waals surface area contributed by atoms with Gasteiger partial charge in [0.2, 0.25) is 11.8 Å². The summed E-state index contributed by atoms with van der Waals surface area (Å²) in [6.07, 6.45) is 2.71. The Morgan fingerprint density at radius 2 is 2.00 bits per heavy atom. The first-order chi connectivity index (χ1) is 18.5. The molecule has 3 amide bonds. The molecular weight excluding hydrogens is 502 g/mol. The van der Waals surface area contributed by atoms with E-state index in [0.29, 0.717) is 25.9 Å². The van der Waals surface area contributed by atoms with Crippen molar-refractivity contribution < 1.29 is 29.0 Å². The fourth-order valence-electron chi connectivity index (χ4n) is 6.55. The van der Waals surface area contributed by atoms with Crippen LogP contribution in [0, 0.1) is 11.3 Å². The molecule has 3 saturated heterocycles. The van der Waals surface area contributed by atoms with E-state index >= 15 is 0 Å². The van der Waals surface area contributed by atoms with Crippen LogP contribution in [-0.2, 0) is 20.7 Å². The largest absolute Gasteiger partial charge is 0.478 e. The number of fused-ring (bicyclic) bond motifs is 3. The van der Waals surface area contributed by atoms with Crippen molar-refractivity contribution in [3.63, 3.8) is 0 Å². The van der Waals surface area contributed by atoms with Crippen molar-refractivity contribution in [2.45, 2.75) is 88.7 Å². The summed E-state index contributed by atoms with van der Waals surface area (Å²) >= 11 is 0. The van der Waals surface area contributed by atoms with Crippen LogP contribution in [0.5, 0.6) is 0 Å². The van der Waals surface area contributed by atoms with Gasteiger partial charge in [0, 0.05) is 25.7 Å². The number of amides is 3. The number of nitrogens with zero attached hydrogens (tertiary/aromatic N) is 4. The van der Waals surface area contributed by atoms with Gasteiger partial charge in [-0.1, -0.05) is 6.07 Å². The average molecular weight is 538 g/mol. The van der Waals surface area contributed by atoms with Crippen molar-refractivity contribution in [1.29, 1.82) is 5.26 Å². The number of aryl methyl sites for hydroxylation is 1. The van der Waals surface area contributed by atoms with Gasteiger partial charge < -0.3 is 25.0 Å². The van der Waals surface area contributed by atoms with Crippen LogP contribution in [0.4, 0.5) is 4.79 Å². The van der Waals surface area contributed by atoms with Crippen molar-refractivity contribution in [3.8, 4) is 6.07 Å². The van der Waals surface area contributed by atoms with Crippen LogP contribution >= 0.6 is 0 Å². The Kier molecular flexibility index (Phi) is 7.01. The number of likely N-dealkylation sites (tertiary alicyclic amines) is 3. The van der Waals surface area contributed by atoms with Gasteiger partial charge in [-0.25, -0.2) is 9.59 Å². The van der Waals surface area contributed by atoms with E-state index in [2.05, 4.69) is 11.4 Å². The second kappa shape index (κ2) is 10.2. The number of rotatable bonds is 6. The first-order valence-electron chi connectivity index (χ1n) is 13.6.